The number of benzene rings is 1. The Hall–Kier alpha value is -2.41. The first-order valence-electron chi connectivity index (χ1n) is 6.30. The number of ether oxygens (including phenoxy) is 2. The molecule has 0 aliphatic carbocycles. The summed E-state index contributed by atoms with van der Waals surface area (Å²) in [4.78, 5) is 22.9. The molecule has 0 bridgehead atoms. The monoisotopic (exact) mass is 293 g/mol. The number of nitrogens with zero attached hydrogens (tertiary/aromatic N) is 1. The molecule has 7 heteroatoms. The molecule has 0 radical (unpaired) electrons. The number of nitrogens with one attached hydrogen (secondary N) is 2. The number of methoxy groups -OCH3 is 2. The maximum Gasteiger partial charge on any atom is 0.266 e. The van der Waals surface area contributed by atoms with Gasteiger partial charge in [0, 0.05) is 18.5 Å². The molecule has 0 unspecified atom stereocenters. The molecule has 2 N–H and O–H groups in total. The number of hydrazone groups is 1. The van der Waals surface area contributed by atoms with Crippen LogP contribution in [0, 0.1) is 0 Å². The van der Waals surface area contributed by atoms with E-state index in [0.717, 1.165) is 0 Å². The lowest BCUT2D eigenvalue weighted by molar-refractivity contribution is -0.124. The standard InChI is InChI=1S/C14H19N3O4/c1-10(16-17-14(19)9-20-2)8-13(18)15-11-4-6-12(21-3)7-5-11/h4-7H,8-9H2,1-3H3,(H,15,18)(H,17,19). The maximum atomic E-state index is 11.8. The van der Waals surface area contributed by atoms with E-state index in [9.17, 15) is 9.59 Å². The molecule has 0 saturated carbocycles. The molecule has 21 heavy (non-hydrogen) atoms. The normalized spacial score (nSPS) is 10.9. The van der Waals surface area contributed by atoms with Crippen molar-refractivity contribution < 1.29 is 19.1 Å². The van der Waals surface area contributed by atoms with E-state index in [4.69, 9.17) is 4.74 Å². The first kappa shape index (κ1) is 16.6. The molecule has 0 fully saturated rings. The van der Waals surface area contributed by atoms with Crippen molar-refractivity contribution >= 4 is 23.2 Å². The van der Waals surface area contributed by atoms with Crippen molar-refractivity contribution in [3.05, 3.63) is 24.3 Å². The van der Waals surface area contributed by atoms with Crippen molar-refractivity contribution in [1.82, 2.24) is 5.43 Å². The second-order valence-electron chi connectivity index (χ2n) is 4.27. The number of hydrogen-bond acceptors (Lipinski definition) is 5. The van der Waals surface area contributed by atoms with Crippen LogP contribution in [0.2, 0.25) is 0 Å². The van der Waals surface area contributed by atoms with Gasteiger partial charge < -0.3 is 14.8 Å². The van der Waals surface area contributed by atoms with Gasteiger partial charge in [0.1, 0.15) is 12.4 Å². The van der Waals surface area contributed by atoms with Crippen LogP contribution in [0.15, 0.2) is 29.4 Å². The highest BCUT2D eigenvalue weighted by Gasteiger charge is 2.05. The highest BCUT2D eigenvalue weighted by atomic mass is 16.5. The largest absolute Gasteiger partial charge is 0.497 e. The van der Waals surface area contributed by atoms with Crippen LogP contribution < -0.4 is 15.5 Å². The van der Waals surface area contributed by atoms with Gasteiger partial charge in [0.25, 0.3) is 5.91 Å². The quantitative estimate of drug-likeness (QED) is 0.583. The smallest absolute Gasteiger partial charge is 0.266 e. The minimum Gasteiger partial charge on any atom is -0.497 e. The van der Waals surface area contributed by atoms with Gasteiger partial charge in [0.2, 0.25) is 5.91 Å². The Kier molecular flexibility index (Phi) is 6.90. The highest BCUT2D eigenvalue weighted by Crippen LogP contribution is 2.15. The molecular weight excluding hydrogens is 274 g/mol. The van der Waals surface area contributed by atoms with Crippen molar-refractivity contribution in [2.45, 2.75) is 13.3 Å². The first-order valence-corrected chi connectivity index (χ1v) is 6.30. The summed E-state index contributed by atoms with van der Waals surface area (Å²) in [6.07, 6.45) is 0.0826. The van der Waals surface area contributed by atoms with Crippen LogP contribution >= 0.6 is 0 Å². The lowest BCUT2D eigenvalue weighted by Gasteiger charge is -2.06. The van der Waals surface area contributed by atoms with Gasteiger partial charge >= 0.3 is 0 Å². The molecule has 114 valence electrons. The van der Waals surface area contributed by atoms with E-state index in [1.54, 1.807) is 38.3 Å². The lowest BCUT2D eigenvalue weighted by Crippen LogP contribution is -2.24. The first-order chi connectivity index (χ1) is 10.0. The number of hydrogen-bond donors (Lipinski definition) is 2. The molecule has 0 aliphatic rings. The van der Waals surface area contributed by atoms with Crippen molar-refractivity contribution in [2.24, 2.45) is 5.10 Å². The summed E-state index contributed by atoms with van der Waals surface area (Å²) in [6.45, 7) is 1.58. The predicted octanol–water partition coefficient (Wildman–Crippen LogP) is 1.16. The van der Waals surface area contributed by atoms with Gasteiger partial charge in [-0.1, -0.05) is 0 Å². The Morgan fingerprint density at radius 2 is 1.81 bits per heavy atom. The number of carbonyl (C=O) groups is 2. The molecule has 1 aromatic carbocycles. The molecule has 2 amide bonds. The van der Waals surface area contributed by atoms with Crippen LogP contribution in [0.3, 0.4) is 0 Å². The van der Waals surface area contributed by atoms with Gasteiger partial charge in [-0.05, 0) is 31.2 Å². The Bertz CT molecular complexity index is 511. The van der Waals surface area contributed by atoms with Crippen molar-refractivity contribution in [2.75, 3.05) is 26.1 Å². The lowest BCUT2D eigenvalue weighted by atomic mass is 10.2. The number of amides is 2. The second kappa shape index (κ2) is 8.70. The molecule has 1 rings (SSSR count). The number of carbonyl (C=O) groups excluding carboxylic acids is 2. The van der Waals surface area contributed by atoms with Crippen LogP contribution in [-0.2, 0) is 14.3 Å². The zero-order chi connectivity index (χ0) is 15.7. The van der Waals surface area contributed by atoms with E-state index >= 15 is 0 Å². The van der Waals surface area contributed by atoms with Gasteiger partial charge in [-0.2, -0.15) is 5.10 Å². The fourth-order valence-corrected chi connectivity index (χ4v) is 1.47. The van der Waals surface area contributed by atoms with Crippen LogP contribution in [0.1, 0.15) is 13.3 Å². The van der Waals surface area contributed by atoms with E-state index in [1.165, 1.54) is 7.11 Å². The molecular formula is C14H19N3O4. The number of rotatable bonds is 7. The molecule has 7 nitrogen and oxygen atoms in total. The zero-order valence-corrected chi connectivity index (χ0v) is 12.3. The van der Waals surface area contributed by atoms with Gasteiger partial charge in [-0.3, -0.25) is 9.59 Å². The fourth-order valence-electron chi connectivity index (χ4n) is 1.47. The topological polar surface area (TPSA) is 89.0 Å². The summed E-state index contributed by atoms with van der Waals surface area (Å²) < 4.78 is 9.67. The summed E-state index contributed by atoms with van der Waals surface area (Å²) in [7, 11) is 2.99. The van der Waals surface area contributed by atoms with E-state index in [0.29, 0.717) is 17.1 Å². The SMILES string of the molecule is COCC(=O)NN=C(C)CC(=O)Nc1ccc(OC)cc1. The van der Waals surface area contributed by atoms with E-state index in [-0.39, 0.29) is 24.8 Å². The second-order valence-corrected chi connectivity index (χ2v) is 4.27. The van der Waals surface area contributed by atoms with E-state index < -0.39 is 0 Å². The van der Waals surface area contributed by atoms with Crippen molar-refractivity contribution in [3.8, 4) is 5.75 Å². The van der Waals surface area contributed by atoms with E-state index in [2.05, 4.69) is 20.6 Å². The molecule has 0 aromatic heterocycles. The van der Waals surface area contributed by atoms with Gasteiger partial charge in [-0.15, -0.1) is 0 Å². The Morgan fingerprint density at radius 3 is 2.38 bits per heavy atom. The van der Waals surface area contributed by atoms with Crippen LogP contribution in [0.25, 0.3) is 0 Å². The third-order valence-electron chi connectivity index (χ3n) is 2.44. The molecule has 0 aliphatic heterocycles. The van der Waals surface area contributed by atoms with E-state index in [1.807, 2.05) is 0 Å². The third-order valence-corrected chi connectivity index (χ3v) is 2.44. The predicted molar refractivity (Wildman–Crippen MR) is 79.4 cm³/mol. The van der Waals surface area contributed by atoms with Crippen LogP contribution in [-0.4, -0.2) is 38.4 Å². The summed E-state index contributed by atoms with van der Waals surface area (Å²) in [5.74, 6) is 0.126. The van der Waals surface area contributed by atoms with Crippen LogP contribution in [0.4, 0.5) is 5.69 Å². The molecule has 0 atom stereocenters. The van der Waals surface area contributed by atoms with Crippen molar-refractivity contribution in [1.29, 1.82) is 0 Å². The average molecular weight is 293 g/mol. The summed E-state index contributed by atoms with van der Waals surface area (Å²) in [5, 5.41) is 6.53. The average Bonchev–Trinajstić information content (AvgIpc) is 2.46. The summed E-state index contributed by atoms with van der Waals surface area (Å²) >= 11 is 0. The molecule has 0 spiro atoms. The Balaban J connectivity index is 2.44. The van der Waals surface area contributed by atoms with Gasteiger partial charge in [0.15, 0.2) is 0 Å². The summed E-state index contributed by atoms with van der Waals surface area (Å²) in [5.41, 5.74) is 3.45. The van der Waals surface area contributed by atoms with Gasteiger partial charge in [-0.25, -0.2) is 5.43 Å². The zero-order valence-electron chi connectivity index (χ0n) is 12.3. The summed E-state index contributed by atoms with van der Waals surface area (Å²) in [6, 6.07) is 6.98. The Labute approximate surface area is 123 Å². The fraction of sp³-hybridized carbons (Fsp3) is 0.357. The molecule has 0 heterocycles. The van der Waals surface area contributed by atoms with Crippen LogP contribution in [0.5, 0.6) is 5.75 Å². The molecule has 0 saturated heterocycles. The minimum absolute atomic E-state index is 0.0746. The minimum atomic E-state index is -0.368. The van der Waals surface area contributed by atoms with Crippen molar-refractivity contribution in [3.63, 3.8) is 0 Å². The maximum absolute atomic E-state index is 11.8. The number of anilines is 1. The third kappa shape index (κ3) is 6.53. The Morgan fingerprint density at radius 1 is 1.14 bits per heavy atom. The van der Waals surface area contributed by atoms with Gasteiger partial charge in [0.05, 0.1) is 13.5 Å². The highest BCUT2D eigenvalue weighted by molar-refractivity contribution is 6.05. The molecule has 1 aromatic rings.